The van der Waals surface area contributed by atoms with Crippen molar-refractivity contribution in [2.75, 3.05) is 4.90 Å². The van der Waals surface area contributed by atoms with Crippen molar-refractivity contribution in [1.29, 1.82) is 0 Å². The average molecular weight is 706 g/mol. The molecule has 1 aromatic heterocycles. The molecular formula is C52H35NS. The molecule has 1 heterocycles. The zero-order valence-corrected chi connectivity index (χ0v) is 30.4. The van der Waals surface area contributed by atoms with Crippen molar-refractivity contribution in [3.63, 3.8) is 0 Å². The van der Waals surface area contributed by atoms with E-state index in [9.17, 15) is 0 Å². The van der Waals surface area contributed by atoms with Crippen molar-refractivity contribution in [1.82, 2.24) is 0 Å². The van der Waals surface area contributed by atoms with E-state index >= 15 is 0 Å². The van der Waals surface area contributed by atoms with Gasteiger partial charge in [0.25, 0.3) is 0 Å². The van der Waals surface area contributed by atoms with Crippen LogP contribution in [0.4, 0.5) is 17.1 Å². The van der Waals surface area contributed by atoms with E-state index in [-0.39, 0.29) is 0 Å². The molecule has 0 aliphatic heterocycles. The Kier molecular flexibility index (Phi) is 8.09. The second-order valence-electron chi connectivity index (χ2n) is 13.8. The Balaban J connectivity index is 1.03. The van der Waals surface area contributed by atoms with Crippen LogP contribution in [0.15, 0.2) is 212 Å². The molecule has 0 radical (unpaired) electrons. The zero-order valence-electron chi connectivity index (χ0n) is 29.6. The predicted molar refractivity (Wildman–Crippen MR) is 233 cm³/mol. The summed E-state index contributed by atoms with van der Waals surface area (Å²) in [5.74, 6) is 0. The van der Waals surface area contributed by atoms with Crippen LogP contribution in [-0.2, 0) is 0 Å². The van der Waals surface area contributed by atoms with Crippen molar-refractivity contribution >= 4 is 59.3 Å². The average Bonchev–Trinajstić information content (AvgIpc) is 3.63. The van der Waals surface area contributed by atoms with Crippen LogP contribution < -0.4 is 4.90 Å². The van der Waals surface area contributed by atoms with Gasteiger partial charge in [-0.2, -0.15) is 0 Å². The topological polar surface area (TPSA) is 3.24 Å². The molecular weight excluding hydrogens is 671 g/mol. The number of fused-ring (bicyclic) bond motifs is 4. The standard InChI is InChI=1S/C52H35NS/c1-2-12-39(13-3-1)47-17-6-8-19-50(47)53(46-30-25-38(26-31-46)44-27-32-49-48-18-7-9-20-51(48)54-52(49)35-44)45-28-23-37(24-29-45)41-15-10-16-42(33-41)43-22-21-36-11-4-5-14-40(36)34-43/h1-35H. The largest absolute Gasteiger partial charge is 0.310 e. The van der Waals surface area contributed by atoms with Gasteiger partial charge in [-0.15, -0.1) is 11.3 Å². The number of nitrogens with zero attached hydrogens (tertiary/aromatic N) is 1. The molecule has 0 bridgehead atoms. The van der Waals surface area contributed by atoms with E-state index in [1.54, 1.807) is 0 Å². The van der Waals surface area contributed by atoms with Crippen LogP contribution in [0, 0.1) is 0 Å². The molecule has 0 N–H and O–H groups in total. The number of hydrogen-bond donors (Lipinski definition) is 0. The van der Waals surface area contributed by atoms with E-state index < -0.39 is 0 Å². The second-order valence-corrected chi connectivity index (χ2v) is 14.8. The molecule has 0 atom stereocenters. The van der Waals surface area contributed by atoms with Crippen molar-refractivity contribution in [2.24, 2.45) is 0 Å². The molecule has 2 heteroatoms. The van der Waals surface area contributed by atoms with Crippen molar-refractivity contribution in [3.05, 3.63) is 212 Å². The van der Waals surface area contributed by atoms with E-state index in [0.717, 1.165) is 17.1 Å². The Hall–Kier alpha value is -6.74. The van der Waals surface area contributed by atoms with Crippen molar-refractivity contribution in [2.45, 2.75) is 0 Å². The van der Waals surface area contributed by atoms with Crippen LogP contribution in [-0.4, -0.2) is 0 Å². The van der Waals surface area contributed by atoms with Gasteiger partial charge in [0.1, 0.15) is 0 Å². The summed E-state index contributed by atoms with van der Waals surface area (Å²) >= 11 is 1.86. The Morgan fingerprint density at radius 3 is 1.61 bits per heavy atom. The lowest BCUT2D eigenvalue weighted by atomic mass is 9.97. The number of benzene rings is 9. The summed E-state index contributed by atoms with van der Waals surface area (Å²) in [5.41, 5.74) is 13.0. The molecule has 9 aromatic carbocycles. The highest BCUT2D eigenvalue weighted by Gasteiger charge is 2.18. The van der Waals surface area contributed by atoms with Crippen LogP contribution >= 0.6 is 11.3 Å². The fourth-order valence-corrected chi connectivity index (χ4v) is 8.86. The molecule has 0 aliphatic rings. The summed E-state index contributed by atoms with van der Waals surface area (Å²) in [6.45, 7) is 0. The van der Waals surface area contributed by atoms with Gasteiger partial charge in [-0.1, -0.05) is 158 Å². The maximum atomic E-state index is 2.39. The van der Waals surface area contributed by atoms with E-state index in [2.05, 4.69) is 217 Å². The first-order valence-corrected chi connectivity index (χ1v) is 19.2. The van der Waals surface area contributed by atoms with Crippen LogP contribution in [0.3, 0.4) is 0 Å². The third-order valence-corrected chi connectivity index (χ3v) is 11.6. The van der Waals surface area contributed by atoms with Crippen LogP contribution in [0.1, 0.15) is 0 Å². The fourth-order valence-electron chi connectivity index (χ4n) is 7.72. The summed E-state index contributed by atoms with van der Waals surface area (Å²) in [6, 6.07) is 77.1. The highest BCUT2D eigenvalue weighted by molar-refractivity contribution is 7.25. The number of rotatable bonds is 7. The minimum absolute atomic E-state index is 1.10. The smallest absolute Gasteiger partial charge is 0.0540 e. The van der Waals surface area contributed by atoms with Crippen LogP contribution in [0.25, 0.3) is 75.5 Å². The van der Waals surface area contributed by atoms with Gasteiger partial charge in [0, 0.05) is 37.1 Å². The number of thiophene rings is 1. The number of hydrogen-bond acceptors (Lipinski definition) is 2. The normalized spacial score (nSPS) is 11.3. The Labute approximate surface area is 319 Å². The molecule has 0 saturated heterocycles. The number of anilines is 3. The van der Waals surface area contributed by atoms with E-state index in [0.29, 0.717) is 0 Å². The first-order chi connectivity index (χ1) is 26.7. The summed E-state index contributed by atoms with van der Waals surface area (Å²) in [7, 11) is 0. The molecule has 10 rings (SSSR count). The third-order valence-electron chi connectivity index (χ3n) is 10.5. The lowest BCUT2D eigenvalue weighted by Crippen LogP contribution is -2.11. The monoisotopic (exact) mass is 705 g/mol. The Morgan fingerprint density at radius 1 is 0.296 bits per heavy atom. The SMILES string of the molecule is c1ccc(-c2ccccc2N(c2ccc(-c3cccc(-c4ccc5ccccc5c4)c3)cc2)c2ccc(-c3ccc4c(c3)sc3ccccc34)cc2)cc1. The van der Waals surface area contributed by atoms with Crippen molar-refractivity contribution < 1.29 is 0 Å². The van der Waals surface area contributed by atoms with Gasteiger partial charge in [-0.05, 0) is 104 Å². The van der Waals surface area contributed by atoms with Gasteiger partial charge >= 0.3 is 0 Å². The Bertz CT molecular complexity index is 2920. The summed E-state index contributed by atoms with van der Waals surface area (Å²) < 4.78 is 2.65. The fraction of sp³-hybridized carbons (Fsp3) is 0. The molecule has 1 nitrogen and oxygen atoms in total. The van der Waals surface area contributed by atoms with Gasteiger partial charge in [-0.3, -0.25) is 0 Å². The highest BCUT2D eigenvalue weighted by Crippen LogP contribution is 2.43. The Morgan fingerprint density at radius 2 is 0.833 bits per heavy atom. The zero-order chi connectivity index (χ0) is 35.8. The van der Waals surface area contributed by atoms with Gasteiger partial charge in [0.2, 0.25) is 0 Å². The highest BCUT2D eigenvalue weighted by atomic mass is 32.1. The second kappa shape index (κ2) is 13.7. The molecule has 254 valence electrons. The molecule has 0 saturated carbocycles. The minimum atomic E-state index is 1.10. The third kappa shape index (κ3) is 5.93. The molecule has 0 amide bonds. The van der Waals surface area contributed by atoms with E-state index in [4.69, 9.17) is 0 Å². The summed E-state index contributed by atoms with van der Waals surface area (Å²) in [4.78, 5) is 2.39. The molecule has 54 heavy (non-hydrogen) atoms. The molecule has 0 unspecified atom stereocenters. The van der Waals surface area contributed by atoms with Crippen LogP contribution in [0.2, 0.25) is 0 Å². The lowest BCUT2D eigenvalue weighted by Gasteiger charge is -2.28. The van der Waals surface area contributed by atoms with Gasteiger partial charge in [-0.25, -0.2) is 0 Å². The number of para-hydroxylation sites is 1. The van der Waals surface area contributed by atoms with Gasteiger partial charge in [0.05, 0.1) is 5.69 Å². The lowest BCUT2D eigenvalue weighted by molar-refractivity contribution is 1.28. The summed E-state index contributed by atoms with van der Waals surface area (Å²) in [6.07, 6.45) is 0. The van der Waals surface area contributed by atoms with Gasteiger partial charge < -0.3 is 4.90 Å². The molecule has 0 aliphatic carbocycles. The van der Waals surface area contributed by atoms with Gasteiger partial charge in [0.15, 0.2) is 0 Å². The molecule has 10 aromatic rings. The molecule has 0 spiro atoms. The first kappa shape index (κ1) is 32.0. The van der Waals surface area contributed by atoms with E-state index in [1.165, 1.54) is 75.5 Å². The van der Waals surface area contributed by atoms with Crippen LogP contribution in [0.5, 0.6) is 0 Å². The minimum Gasteiger partial charge on any atom is -0.310 e. The predicted octanol–water partition coefficient (Wildman–Crippen LogP) is 15.3. The maximum absolute atomic E-state index is 2.39. The van der Waals surface area contributed by atoms with E-state index in [1.807, 2.05) is 11.3 Å². The quantitative estimate of drug-likeness (QED) is 0.160. The van der Waals surface area contributed by atoms with Crippen molar-refractivity contribution in [3.8, 4) is 44.5 Å². The maximum Gasteiger partial charge on any atom is 0.0540 e. The summed E-state index contributed by atoms with van der Waals surface area (Å²) in [5, 5.41) is 5.17. The molecule has 0 fully saturated rings. The first-order valence-electron chi connectivity index (χ1n) is 18.4.